The molecule has 0 spiro atoms. The van der Waals surface area contributed by atoms with Crippen LogP contribution in [0.1, 0.15) is 5.56 Å². The van der Waals surface area contributed by atoms with Gasteiger partial charge in [-0.05, 0) is 30.3 Å². The number of nitrogens with one attached hydrogen (secondary N) is 1. The first kappa shape index (κ1) is 18.8. The van der Waals surface area contributed by atoms with Crippen LogP contribution in [-0.2, 0) is 0 Å². The molecule has 1 aliphatic rings. The Kier molecular flexibility index (Phi) is 4.85. The number of rotatable bonds is 5. The van der Waals surface area contributed by atoms with Gasteiger partial charge in [0.2, 0.25) is 10.9 Å². The predicted octanol–water partition coefficient (Wildman–Crippen LogP) is 3.03. The van der Waals surface area contributed by atoms with Gasteiger partial charge < -0.3 is 24.4 Å². The van der Waals surface area contributed by atoms with Crippen molar-refractivity contribution < 1.29 is 24.4 Å². The Labute approximate surface area is 170 Å². The van der Waals surface area contributed by atoms with Crippen molar-refractivity contribution >= 4 is 17.5 Å². The largest absolute Gasteiger partial charge is 0.504 e. The van der Waals surface area contributed by atoms with Crippen LogP contribution in [0.25, 0.3) is 17.1 Å². The molecule has 0 fully saturated rings. The molecule has 4 rings (SSSR count). The molecule has 29 heavy (non-hydrogen) atoms. The Bertz CT molecular complexity index is 1090. The molecule has 2 aromatic carbocycles. The number of aromatic nitrogens is 3. The number of aromatic hydroxyl groups is 2. The topological polar surface area (TPSA) is 111 Å². The normalized spacial score (nSPS) is 12.6. The highest BCUT2D eigenvalue weighted by atomic mass is 32.2. The van der Waals surface area contributed by atoms with Gasteiger partial charge in [-0.3, -0.25) is 5.43 Å². The molecule has 2 heterocycles. The van der Waals surface area contributed by atoms with E-state index in [1.165, 1.54) is 23.9 Å². The number of ether oxygens (including phenoxy) is 3. The summed E-state index contributed by atoms with van der Waals surface area (Å²) in [4.78, 5) is 0. The fourth-order valence-corrected chi connectivity index (χ4v) is 3.66. The molecule has 0 saturated carbocycles. The lowest BCUT2D eigenvalue weighted by molar-refractivity contribution is 0.324. The highest BCUT2D eigenvalue weighted by Crippen LogP contribution is 2.42. The second kappa shape index (κ2) is 7.47. The molecule has 3 aromatic rings. The lowest BCUT2D eigenvalue weighted by Crippen LogP contribution is -2.18. The van der Waals surface area contributed by atoms with E-state index in [4.69, 9.17) is 14.2 Å². The number of hydrogen-bond donors (Lipinski definition) is 3. The van der Waals surface area contributed by atoms with Crippen LogP contribution in [0.15, 0.2) is 40.9 Å². The summed E-state index contributed by atoms with van der Waals surface area (Å²) in [5, 5.41) is 30.3. The van der Waals surface area contributed by atoms with Crippen molar-refractivity contribution in [2.45, 2.75) is 5.16 Å². The minimum Gasteiger partial charge on any atom is -0.504 e. The molecular formula is C19H18N4O5S. The van der Waals surface area contributed by atoms with E-state index >= 15 is 0 Å². The summed E-state index contributed by atoms with van der Waals surface area (Å²) in [5.41, 5.74) is 5.36. The van der Waals surface area contributed by atoms with Crippen LogP contribution in [-0.4, -0.2) is 46.4 Å². The number of methoxy groups -OCH3 is 3. The average molecular weight is 414 g/mol. The SMILES string of the molecule is COc1cc(-c2nnc3n2NC(c2ccc(O)c(O)c2)=CS3)cc(OC)c1OC. The lowest BCUT2D eigenvalue weighted by atomic mass is 10.1. The molecule has 10 heteroatoms. The van der Waals surface area contributed by atoms with Gasteiger partial charge in [-0.15, -0.1) is 10.2 Å². The number of hydrogen-bond acceptors (Lipinski definition) is 9. The van der Waals surface area contributed by atoms with Crippen molar-refractivity contribution in [3.05, 3.63) is 41.3 Å². The predicted molar refractivity (Wildman–Crippen MR) is 108 cm³/mol. The van der Waals surface area contributed by atoms with Crippen LogP contribution < -0.4 is 19.6 Å². The van der Waals surface area contributed by atoms with Gasteiger partial charge in [0.15, 0.2) is 28.8 Å². The van der Waals surface area contributed by atoms with Crippen molar-refractivity contribution in [3.8, 4) is 40.1 Å². The molecule has 3 N–H and O–H groups in total. The summed E-state index contributed by atoms with van der Waals surface area (Å²) >= 11 is 1.38. The first-order valence-corrected chi connectivity index (χ1v) is 9.35. The minimum absolute atomic E-state index is 0.180. The van der Waals surface area contributed by atoms with E-state index in [0.29, 0.717) is 45.1 Å². The Balaban J connectivity index is 1.74. The van der Waals surface area contributed by atoms with Gasteiger partial charge in [-0.25, -0.2) is 4.68 Å². The molecule has 0 bridgehead atoms. The molecule has 9 nitrogen and oxygen atoms in total. The maximum atomic E-state index is 9.80. The average Bonchev–Trinajstić information content (AvgIpc) is 3.17. The molecule has 1 aromatic heterocycles. The van der Waals surface area contributed by atoms with Crippen LogP contribution in [0.4, 0.5) is 0 Å². The van der Waals surface area contributed by atoms with Crippen LogP contribution in [0.5, 0.6) is 28.7 Å². The van der Waals surface area contributed by atoms with Crippen molar-refractivity contribution in [1.82, 2.24) is 14.9 Å². The first-order valence-electron chi connectivity index (χ1n) is 8.47. The van der Waals surface area contributed by atoms with Crippen LogP contribution in [0.2, 0.25) is 0 Å². The highest BCUT2D eigenvalue weighted by Gasteiger charge is 2.23. The molecule has 150 valence electrons. The molecule has 0 atom stereocenters. The molecule has 0 radical (unpaired) electrons. The standard InChI is InChI=1S/C19H18N4O5S/c1-26-15-7-11(8-16(27-2)17(15)28-3)18-20-21-19-23(18)22-12(9-29-19)10-4-5-13(24)14(25)6-10/h4-9,22,24-25H,1-3H3. The third-order valence-electron chi connectivity index (χ3n) is 4.36. The quantitative estimate of drug-likeness (QED) is 0.543. The number of thioether (sulfide) groups is 1. The lowest BCUT2D eigenvalue weighted by Gasteiger charge is -2.20. The third-order valence-corrected chi connectivity index (χ3v) is 5.19. The van der Waals surface area contributed by atoms with Gasteiger partial charge in [-0.1, -0.05) is 11.8 Å². The second-order valence-corrected chi connectivity index (χ2v) is 6.86. The Morgan fingerprint density at radius 2 is 1.62 bits per heavy atom. The van der Waals surface area contributed by atoms with E-state index in [0.717, 1.165) is 0 Å². The monoisotopic (exact) mass is 414 g/mol. The van der Waals surface area contributed by atoms with Crippen LogP contribution in [0, 0.1) is 0 Å². The van der Waals surface area contributed by atoms with Crippen LogP contribution >= 0.6 is 11.8 Å². The van der Waals surface area contributed by atoms with Gasteiger partial charge in [0.05, 0.1) is 27.0 Å². The van der Waals surface area contributed by atoms with Crippen molar-refractivity contribution in [2.75, 3.05) is 26.8 Å². The number of phenolic OH excluding ortho intramolecular Hbond substituents is 2. The minimum atomic E-state index is -0.199. The smallest absolute Gasteiger partial charge is 0.214 e. The van der Waals surface area contributed by atoms with Gasteiger partial charge in [0.1, 0.15) is 0 Å². The van der Waals surface area contributed by atoms with Gasteiger partial charge in [0, 0.05) is 16.5 Å². The number of fused-ring (bicyclic) bond motifs is 1. The van der Waals surface area contributed by atoms with Crippen LogP contribution in [0.3, 0.4) is 0 Å². The molecule has 0 aliphatic carbocycles. The summed E-state index contributed by atoms with van der Waals surface area (Å²) in [6, 6.07) is 8.18. The zero-order valence-electron chi connectivity index (χ0n) is 15.8. The molecule has 0 amide bonds. The van der Waals surface area contributed by atoms with E-state index in [9.17, 15) is 10.2 Å². The second-order valence-electron chi connectivity index (χ2n) is 6.02. The summed E-state index contributed by atoms with van der Waals surface area (Å²) < 4.78 is 18.0. The third kappa shape index (κ3) is 3.27. The van der Waals surface area contributed by atoms with E-state index in [1.807, 2.05) is 5.41 Å². The number of benzene rings is 2. The molecule has 1 aliphatic heterocycles. The summed E-state index contributed by atoms with van der Waals surface area (Å²) in [6.07, 6.45) is 0. The first-order chi connectivity index (χ1) is 14.0. The maximum Gasteiger partial charge on any atom is 0.214 e. The van der Waals surface area contributed by atoms with Crippen molar-refractivity contribution in [3.63, 3.8) is 0 Å². The molecule has 0 unspecified atom stereocenters. The maximum absolute atomic E-state index is 9.80. The Morgan fingerprint density at radius 3 is 2.24 bits per heavy atom. The molecular weight excluding hydrogens is 396 g/mol. The van der Waals surface area contributed by atoms with E-state index in [-0.39, 0.29) is 11.5 Å². The zero-order valence-corrected chi connectivity index (χ0v) is 16.6. The zero-order chi connectivity index (χ0) is 20.5. The van der Waals surface area contributed by atoms with E-state index < -0.39 is 0 Å². The van der Waals surface area contributed by atoms with E-state index in [2.05, 4.69) is 15.6 Å². The summed E-state index contributed by atoms with van der Waals surface area (Å²) in [7, 11) is 4.64. The molecule has 0 saturated heterocycles. The van der Waals surface area contributed by atoms with E-state index in [1.54, 1.807) is 44.2 Å². The number of nitrogens with zero attached hydrogens (tertiary/aromatic N) is 3. The van der Waals surface area contributed by atoms with Gasteiger partial charge >= 0.3 is 0 Å². The number of phenols is 2. The van der Waals surface area contributed by atoms with Crippen molar-refractivity contribution in [2.24, 2.45) is 0 Å². The Hall–Kier alpha value is -3.53. The van der Waals surface area contributed by atoms with Gasteiger partial charge in [-0.2, -0.15) is 0 Å². The van der Waals surface area contributed by atoms with Crippen molar-refractivity contribution in [1.29, 1.82) is 0 Å². The summed E-state index contributed by atoms with van der Waals surface area (Å²) in [6.45, 7) is 0. The fraction of sp³-hybridized carbons (Fsp3) is 0.158. The summed E-state index contributed by atoms with van der Waals surface area (Å²) in [5.74, 6) is 1.65. The fourth-order valence-electron chi connectivity index (χ4n) is 2.93. The highest BCUT2D eigenvalue weighted by molar-refractivity contribution is 8.02. The van der Waals surface area contributed by atoms with Gasteiger partial charge in [0.25, 0.3) is 0 Å². The Morgan fingerprint density at radius 1 is 0.897 bits per heavy atom.